The van der Waals surface area contributed by atoms with E-state index < -0.39 is 0 Å². The summed E-state index contributed by atoms with van der Waals surface area (Å²) in [6, 6.07) is 0.715. The van der Waals surface area contributed by atoms with Gasteiger partial charge in [-0.15, -0.1) is 0 Å². The highest BCUT2D eigenvalue weighted by Crippen LogP contribution is 2.54. The number of nitrogens with one attached hydrogen (secondary N) is 1. The fraction of sp³-hybridized carbons (Fsp3) is 0.909. The summed E-state index contributed by atoms with van der Waals surface area (Å²) in [6.07, 6.45) is 5.64. The zero-order valence-electron chi connectivity index (χ0n) is 8.41. The Morgan fingerprint density at radius 3 is 2.29 bits per heavy atom. The van der Waals surface area contributed by atoms with E-state index in [0.29, 0.717) is 23.9 Å². The molecule has 3 heteroatoms. The predicted molar refractivity (Wildman–Crippen MR) is 53.5 cm³/mol. The van der Waals surface area contributed by atoms with Crippen molar-refractivity contribution in [3.8, 4) is 0 Å². The molecule has 0 aliphatic heterocycles. The average Bonchev–Trinajstić information content (AvgIpc) is 2.71. The molecule has 0 bridgehead atoms. The quantitative estimate of drug-likeness (QED) is 0.677. The van der Waals surface area contributed by atoms with Crippen molar-refractivity contribution < 1.29 is 4.79 Å². The van der Waals surface area contributed by atoms with Gasteiger partial charge in [-0.3, -0.25) is 4.79 Å². The third kappa shape index (κ3) is 1.44. The van der Waals surface area contributed by atoms with Crippen LogP contribution in [0.2, 0.25) is 0 Å². The number of rotatable bonds is 2. The van der Waals surface area contributed by atoms with Gasteiger partial charge in [0, 0.05) is 18.0 Å². The van der Waals surface area contributed by atoms with E-state index in [1.807, 2.05) is 0 Å². The number of hydrogen-bond donors (Lipinski definition) is 2. The Hall–Kier alpha value is -0.570. The molecule has 78 valence electrons. The molecule has 3 aliphatic rings. The predicted octanol–water partition coefficient (Wildman–Crippen LogP) is 0.638. The minimum Gasteiger partial charge on any atom is -0.353 e. The zero-order chi connectivity index (χ0) is 9.71. The van der Waals surface area contributed by atoms with Gasteiger partial charge in [0.2, 0.25) is 5.91 Å². The van der Waals surface area contributed by atoms with E-state index >= 15 is 0 Å². The maximum Gasteiger partial charge on any atom is 0.223 e. The van der Waals surface area contributed by atoms with Crippen LogP contribution >= 0.6 is 0 Å². The molecule has 0 radical (unpaired) electrons. The van der Waals surface area contributed by atoms with E-state index in [0.717, 1.165) is 37.5 Å². The Kier molecular flexibility index (Phi) is 1.84. The zero-order valence-corrected chi connectivity index (χ0v) is 8.41. The van der Waals surface area contributed by atoms with Crippen LogP contribution in [0.1, 0.15) is 32.1 Å². The molecule has 0 spiro atoms. The summed E-state index contributed by atoms with van der Waals surface area (Å²) in [5.74, 6) is 2.42. The van der Waals surface area contributed by atoms with E-state index in [1.165, 1.54) is 6.42 Å². The number of amides is 1. The van der Waals surface area contributed by atoms with Crippen LogP contribution in [0.4, 0.5) is 0 Å². The van der Waals surface area contributed by atoms with Crippen LogP contribution in [-0.4, -0.2) is 18.0 Å². The summed E-state index contributed by atoms with van der Waals surface area (Å²) in [6.45, 7) is 0. The van der Waals surface area contributed by atoms with E-state index in [4.69, 9.17) is 5.73 Å². The van der Waals surface area contributed by atoms with Gasteiger partial charge in [0.15, 0.2) is 0 Å². The molecule has 14 heavy (non-hydrogen) atoms. The Morgan fingerprint density at radius 1 is 1.07 bits per heavy atom. The van der Waals surface area contributed by atoms with Gasteiger partial charge in [0.1, 0.15) is 0 Å². The molecule has 3 saturated carbocycles. The summed E-state index contributed by atoms with van der Waals surface area (Å²) in [5.41, 5.74) is 5.68. The minimum atomic E-state index is 0.300. The molecule has 3 N–H and O–H groups in total. The third-order valence-corrected chi connectivity index (χ3v) is 4.14. The number of fused-ring (bicyclic) bond motifs is 1. The number of carbonyl (C=O) groups excluding carboxylic acids is 1. The van der Waals surface area contributed by atoms with Crippen LogP contribution in [0.25, 0.3) is 0 Å². The maximum atomic E-state index is 11.8. The lowest BCUT2D eigenvalue weighted by molar-refractivity contribution is -0.126. The first-order valence-electron chi connectivity index (χ1n) is 5.78. The van der Waals surface area contributed by atoms with Crippen molar-refractivity contribution in [1.29, 1.82) is 0 Å². The van der Waals surface area contributed by atoms with Gasteiger partial charge in [-0.25, -0.2) is 0 Å². The van der Waals surface area contributed by atoms with Crippen LogP contribution in [0, 0.1) is 17.8 Å². The van der Waals surface area contributed by atoms with Crippen molar-refractivity contribution in [3.05, 3.63) is 0 Å². The average molecular weight is 194 g/mol. The monoisotopic (exact) mass is 194 g/mol. The topological polar surface area (TPSA) is 55.1 Å². The number of nitrogens with two attached hydrogens (primary N) is 1. The summed E-state index contributed by atoms with van der Waals surface area (Å²) in [5, 5.41) is 3.11. The second-order valence-corrected chi connectivity index (χ2v) is 5.36. The Morgan fingerprint density at radius 2 is 1.71 bits per heavy atom. The standard InChI is InChI=1S/C11H18N2O/c12-9-4-10(5-9)13-11(14)8-2-6-1-7(6)3-8/h6-10H,1-5,12H2,(H,13,14). The van der Waals surface area contributed by atoms with Crippen molar-refractivity contribution in [3.63, 3.8) is 0 Å². The molecule has 0 aromatic heterocycles. The van der Waals surface area contributed by atoms with E-state index in [9.17, 15) is 4.79 Å². The summed E-state index contributed by atoms with van der Waals surface area (Å²) >= 11 is 0. The first-order valence-corrected chi connectivity index (χ1v) is 5.78. The number of carbonyl (C=O) groups is 1. The Labute approximate surface area is 84.4 Å². The van der Waals surface area contributed by atoms with Crippen LogP contribution < -0.4 is 11.1 Å². The smallest absolute Gasteiger partial charge is 0.223 e. The normalized spacial score (nSPS) is 49.4. The molecule has 0 heterocycles. The second-order valence-electron chi connectivity index (χ2n) is 5.36. The van der Waals surface area contributed by atoms with E-state index in [-0.39, 0.29) is 0 Å². The highest BCUT2D eigenvalue weighted by Gasteiger charge is 2.48. The summed E-state index contributed by atoms with van der Waals surface area (Å²) < 4.78 is 0. The van der Waals surface area contributed by atoms with Gasteiger partial charge in [-0.1, -0.05) is 0 Å². The largest absolute Gasteiger partial charge is 0.353 e. The lowest BCUT2D eigenvalue weighted by Gasteiger charge is -2.33. The molecule has 1 amide bonds. The van der Waals surface area contributed by atoms with Crippen molar-refractivity contribution >= 4 is 5.91 Å². The van der Waals surface area contributed by atoms with Crippen molar-refractivity contribution in [2.24, 2.45) is 23.5 Å². The Bertz CT molecular complexity index is 250. The molecular formula is C11H18N2O. The number of hydrogen-bond acceptors (Lipinski definition) is 2. The van der Waals surface area contributed by atoms with Crippen molar-refractivity contribution in [2.75, 3.05) is 0 Å². The lowest BCUT2D eigenvalue weighted by atomic mass is 9.87. The van der Waals surface area contributed by atoms with Crippen LogP contribution in [0.5, 0.6) is 0 Å². The fourth-order valence-electron chi connectivity index (χ4n) is 3.03. The second kappa shape index (κ2) is 2.96. The molecule has 0 aromatic rings. The fourth-order valence-corrected chi connectivity index (χ4v) is 3.03. The van der Waals surface area contributed by atoms with Gasteiger partial charge in [-0.2, -0.15) is 0 Å². The van der Waals surface area contributed by atoms with Gasteiger partial charge in [0.25, 0.3) is 0 Å². The van der Waals surface area contributed by atoms with E-state index in [2.05, 4.69) is 5.32 Å². The SMILES string of the molecule is NC1CC(NC(=O)C2CC3CC3C2)C1. The molecule has 2 unspecified atom stereocenters. The summed E-state index contributed by atoms with van der Waals surface area (Å²) in [7, 11) is 0. The van der Waals surface area contributed by atoms with Crippen LogP contribution in [0.3, 0.4) is 0 Å². The molecule has 3 rings (SSSR count). The Balaban J connectivity index is 1.46. The molecule has 0 aromatic carbocycles. The van der Waals surface area contributed by atoms with Crippen molar-refractivity contribution in [1.82, 2.24) is 5.32 Å². The van der Waals surface area contributed by atoms with Gasteiger partial charge < -0.3 is 11.1 Å². The maximum absolute atomic E-state index is 11.8. The van der Waals surface area contributed by atoms with E-state index in [1.54, 1.807) is 0 Å². The van der Waals surface area contributed by atoms with Crippen LogP contribution in [-0.2, 0) is 4.79 Å². The van der Waals surface area contributed by atoms with Gasteiger partial charge in [0.05, 0.1) is 0 Å². The molecule has 0 saturated heterocycles. The minimum absolute atomic E-state index is 0.300. The first-order chi connectivity index (χ1) is 6.72. The molecule has 2 atom stereocenters. The highest BCUT2D eigenvalue weighted by molar-refractivity contribution is 5.79. The molecule has 3 nitrogen and oxygen atoms in total. The summed E-state index contributed by atoms with van der Waals surface area (Å²) in [4.78, 5) is 11.8. The van der Waals surface area contributed by atoms with Crippen molar-refractivity contribution in [2.45, 2.75) is 44.2 Å². The van der Waals surface area contributed by atoms with Crippen LogP contribution in [0.15, 0.2) is 0 Å². The third-order valence-electron chi connectivity index (χ3n) is 4.14. The molecular weight excluding hydrogens is 176 g/mol. The first kappa shape index (κ1) is 8.72. The highest BCUT2D eigenvalue weighted by atomic mass is 16.2. The molecule has 3 aliphatic carbocycles. The van der Waals surface area contributed by atoms with Gasteiger partial charge >= 0.3 is 0 Å². The van der Waals surface area contributed by atoms with Gasteiger partial charge in [-0.05, 0) is 43.9 Å². The molecule has 3 fully saturated rings. The lowest BCUT2D eigenvalue weighted by Crippen LogP contribution is -2.51.